The summed E-state index contributed by atoms with van der Waals surface area (Å²) in [5.41, 5.74) is 2.80. The first kappa shape index (κ1) is 10.2. The normalized spacial score (nSPS) is 12.9. The van der Waals surface area contributed by atoms with Crippen molar-refractivity contribution >= 4 is 0 Å². The van der Waals surface area contributed by atoms with Gasteiger partial charge in [0.25, 0.3) is 0 Å². The van der Waals surface area contributed by atoms with E-state index in [9.17, 15) is 5.11 Å². The molecule has 1 unspecified atom stereocenters. The lowest BCUT2D eigenvalue weighted by atomic mass is 10.0. The molecule has 0 amide bonds. The summed E-state index contributed by atoms with van der Waals surface area (Å²) in [6.07, 6.45) is 1.24. The summed E-state index contributed by atoms with van der Waals surface area (Å²) in [6.45, 7) is 4.16. The Hall–Kier alpha value is -0.930. The topological polar surface area (TPSA) is 42.4 Å². The fraction of sp³-hybridized carbons (Fsp3) is 0.500. The van der Waals surface area contributed by atoms with E-state index in [0.29, 0.717) is 6.61 Å². The zero-order valence-electron chi connectivity index (χ0n) is 8.24. The maximum atomic E-state index is 9.47. The van der Waals surface area contributed by atoms with Crippen molar-refractivity contribution in [2.75, 3.05) is 7.11 Å². The summed E-state index contributed by atoms with van der Waals surface area (Å²) in [5, 5.41) is 9.47. The lowest BCUT2D eigenvalue weighted by Gasteiger charge is -2.12. The fourth-order valence-corrected chi connectivity index (χ4v) is 1.34. The summed E-state index contributed by atoms with van der Waals surface area (Å²) in [7, 11) is 1.64. The van der Waals surface area contributed by atoms with Crippen LogP contribution in [0.1, 0.15) is 29.8 Å². The van der Waals surface area contributed by atoms with Crippen LogP contribution in [-0.4, -0.2) is 17.2 Å². The molecule has 3 heteroatoms. The Kier molecular flexibility index (Phi) is 3.39. The minimum atomic E-state index is -0.466. The van der Waals surface area contributed by atoms with Gasteiger partial charge in [-0.25, -0.2) is 0 Å². The van der Waals surface area contributed by atoms with Gasteiger partial charge in [0.15, 0.2) is 0 Å². The van der Waals surface area contributed by atoms with Crippen LogP contribution in [0.2, 0.25) is 0 Å². The standard InChI is InChI=1S/C10H15NO2/c1-7-10(6-13-3)9(8(2)12)4-5-11-7/h4-5,8,12H,6H2,1-3H3. The van der Waals surface area contributed by atoms with E-state index in [1.54, 1.807) is 20.2 Å². The maximum Gasteiger partial charge on any atom is 0.0766 e. The monoisotopic (exact) mass is 181 g/mol. The highest BCUT2D eigenvalue weighted by molar-refractivity contribution is 5.30. The number of hydrogen-bond acceptors (Lipinski definition) is 3. The van der Waals surface area contributed by atoms with Crippen LogP contribution in [0.25, 0.3) is 0 Å². The van der Waals surface area contributed by atoms with Crippen molar-refractivity contribution in [3.63, 3.8) is 0 Å². The smallest absolute Gasteiger partial charge is 0.0766 e. The highest BCUT2D eigenvalue weighted by atomic mass is 16.5. The molecular weight excluding hydrogens is 166 g/mol. The Bertz CT molecular complexity index is 284. The third kappa shape index (κ3) is 2.26. The van der Waals surface area contributed by atoms with Gasteiger partial charge in [-0.05, 0) is 25.5 Å². The number of ether oxygens (including phenoxy) is 1. The number of aromatic nitrogens is 1. The molecule has 1 aromatic rings. The molecule has 1 atom stereocenters. The van der Waals surface area contributed by atoms with E-state index in [2.05, 4.69) is 4.98 Å². The Balaban J connectivity index is 3.09. The zero-order valence-corrected chi connectivity index (χ0v) is 8.24. The van der Waals surface area contributed by atoms with Gasteiger partial charge < -0.3 is 9.84 Å². The number of rotatable bonds is 3. The maximum absolute atomic E-state index is 9.47. The summed E-state index contributed by atoms with van der Waals surface area (Å²) in [5.74, 6) is 0. The molecule has 0 bridgehead atoms. The van der Waals surface area contributed by atoms with Crippen LogP contribution >= 0.6 is 0 Å². The van der Waals surface area contributed by atoms with Crippen LogP contribution in [0.15, 0.2) is 12.3 Å². The largest absolute Gasteiger partial charge is 0.389 e. The highest BCUT2D eigenvalue weighted by Gasteiger charge is 2.10. The number of methoxy groups -OCH3 is 1. The first-order valence-corrected chi connectivity index (χ1v) is 4.28. The molecule has 1 aromatic heterocycles. The number of hydrogen-bond donors (Lipinski definition) is 1. The van der Waals surface area contributed by atoms with E-state index >= 15 is 0 Å². The molecule has 1 heterocycles. The Labute approximate surface area is 78.4 Å². The Morgan fingerprint density at radius 2 is 2.31 bits per heavy atom. The van der Waals surface area contributed by atoms with Crippen molar-refractivity contribution < 1.29 is 9.84 Å². The van der Waals surface area contributed by atoms with Gasteiger partial charge in [-0.15, -0.1) is 0 Å². The molecule has 0 aromatic carbocycles. The van der Waals surface area contributed by atoms with Crippen molar-refractivity contribution in [1.82, 2.24) is 4.98 Å². The van der Waals surface area contributed by atoms with E-state index in [-0.39, 0.29) is 0 Å². The van der Waals surface area contributed by atoms with E-state index in [0.717, 1.165) is 16.8 Å². The summed E-state index contributed by atoms with van der Waals surface area (Å²) in [4.78, 5) is 4.15. The SMILES string of the molecule is COCc1c(C(C)O)ccnc1C. The lowest BCUT2D eigenvalue weighted by molar-refractivity contribution is 0.170. The average molecular weight is 181 g/mol. The van der Waals surface area contributed by atoms with E-state index in [1.807, 2.05) is 13.0 Å². The Morgan fingerprint density at radius 3 is 2.85 bits per heavy atom. The number of pyridine rings is 1. The van der Waals surface area contributed by atoms with Crippen molar-refractivity contribution in [3.8, 4) is 0 Å². The predicted molar refractivity (Wildman–Crippen MR) is 50.3 cm³/mol. The zero-order chi connectivity index (χ0) is 9.84. The minimum Gasteiger partial charge on any atom is -0.389 e. The van der Waals surface area contributed by atoms with Crippen LogP contribution in [0.3, 0.4) is 0 Å². The molecular formula is C10H15NO2. The number of nitrogens with zero attached hydrogens (tertiary/aromatic N) is 1. The van der Waals surface area contributed by atoms with Gasteiger partial charge in [0, 0.05) is 24.6 Å². The minimum absolute atomic E-state index is 0.466. The highest BCUT2D eigenvalue weighted by Crippen LogP contribution is 2.19. The summed E-state index contributed by atoms with van der Waals surface area (Å²) < 4.78 is 5.05. The second-order valence-corrected chi connectivity index (χ2v) is 3.07. The number of aliphatic hydroxyl groups excluding tert-OH is 1. The van der Waals surface area contributed by atoms with E-state index < -0.39 is 6.10 Å². The van der Waals surface area contributed by atoms with Crippen LogP contribution < -0.4 is 0 Å². The number of aryl methyl sites for hydroxylation is 1. The number of aliphatic hydroxyl groups is 1. The molecule has 0 fully saturated rings. The van der Waals surface area contributed by atoms with Gasteiger partial charge in [-0.2, -0.15) is 0 Å². The van der Waals surface area contributed by atoms with Crippen LogP contribution in [0.4, 0.5) is 0 Å². The van der Waals surface area contributed by atoms with Crippen LogP contribution in [-0.2, 0) is 11.3 Å². The first-order valence-electron chi connectivity index (χ1n) is 4.28. The third-order valence-electron chi connectivity index (χ3n) is 2.05. The lowest BCUT2D eigenvalue weighted by Crippen LogP contribution is -2.03. The van der Waals surface area contributed by atoms with E-state index in [1.165, 1.54) is 0 Å². The quantitative estimate of drug-likeness (QED) is 0.770. The molecule has 1 rings (SSSR count). The van der Waals surface area contributed by atoms with Crippen molar-refractivity contribution in [3.05, 3.63) is 29.1 Å². The molecule has 0 spiro atoms. The predicted octanol–water partition coefficient (Wildman–Crippen LogP) is 1.59. The van der Waals surface area contributed by atoms with Crippen molar-refractivity contribution in [1.29, 1.82) is 0 Å². The van der Waals surface area contributed by atoms with Gasteiger partial charge in [0.1, 0.15) is 0 Å². The van der Waals surface area contributed by atoms with Gasteiger partial charge in [0.2, 0.25) is 0 Å². The average Bonchev–Trinajstić information content (AvgIpc) is 2.08. The van der Waals surface area contributed by atoms with Gasteiger partial charge in [0.05, 0.1) is 12.7 Å². The van der Waals surface area contributed by atoms with Gasteiger partial charge in [-0.3, -0.25) is 4.98 Å². The van der Waals surface area contributed by atoms with Crippen LogP contribution in [0.5, 0.6) is 0 Å². The fourth-order valence-electron chi connectivity index (χ4n) is 1.34. The molecule has 0 aliphatic heterocycles. The molecule has 0 radical (unpaired) electrons. The van der Waals surface area contributed by atoms with E-state index in [4.69, 9.17) is 4.74 Å². The van der Waals surface area contributed by atoms with Gasteiger partial charge >= 0.3 is 0 Å². The summed E-state index contributed by atoms with van der Waals surface area (Å²) in [6, 6.07) is 1.83. The third-order valence-corrected chi connectivity index (χ3v) is 2.05. The molecule has 1 N–H and O–H groups in total. The molecule has 3 nitrogen and oxygen atoms in total. The summed E-state index contributed by atoms with van der Waals surface area (Å²) >= 11 is 0. The van der Waals surface area contributed by atoms with Crippen molar-refractivity contribution in [2.24, 2.45) is 0 Å². The molecule has 13 heavy (non-hydrogen) atoms. The molecule has 0 saturated heterocycles. The molecule has 0 aliphatic carbocycles. The first-order chi connectivity index (χ1) is 6.16. The Morgan fingerprint density at radius 1 is 1.62 bits per heavy atom. The molecule has 0 aliphatic rings. The molecule has 72 valence electrons. The second kappa shape index (κ2) is 4.35. The second-order valence-electron chi connectivity index (χ2n) is 3.07. The van der Waals surface area contributed by atoms with Gasteiger partial charge in [-0.1, -0.05) is 0 Å². The molecule has 0 saturated carbocycles. The van der Waals surface area contributed by atoms with Crippen LogP contribution in [0, 0.1) is 6.92 Å². The van der Waals surface area contributed by atoms with Crippen molar-refractivity contribution in [2.45, 2.75) is 26.6 Å².